The number of rotatable bonds is 9. The monoisotopic (exact) mass is 543 g/mol. The summed E-state index contributed by atoms with van der Waals surface area (Å²) < 4.78 is 53.5. The van der Waals surface area contributed by atoms with Gasteiger partial charge in [-0.05, 0) is 68.0 Å². The van der Waals surface area contributed by atoms with Gasteiger partial charge in [0, 0.05) is 43.7 Å². The number of halogens is 2. The normalized spacial score (nSPS) is 15.0. The topological polar surface area (TPSA) is 117 Å². The highest BCUT2D eigenvalue weighted by Crippen LogP contribution is 2.31. The molecule has 0 aliphatic carbocycles. The van der Waals surface area contributed by atoms with Crippen molar-refractivity contribution >= 4 is 33.1 Å². The summed E-state index contributed by atoms with van der Waals surface area (Å²) in [7, 11) is -3.23. The highest BCUT2D eigenvalue weighted by atomic mass is 32.2. The molecule has 202 valence electrons. The lowest BCUT2D eigenvalue weighted by Gasteiger charge is -2.32. The molecule has 1 amide bonds. The first-order valence-corrected chi connectivity index (χ1v) is 13.9. The van der Waals surface area contributed by atoms with E-state index >= 15 is 0 Å². The van der Waals surface area contributed by atoms with Crippen LogP contribution in [0.3, 0.4) is 0 Å². The molecule has 1 fully saturated rings. The second-order valence-electron chi connectivity index (χ2n) is 9.62. The van der Waals surface area contributed by atoms with Gasteiger partial charge in [0.25, 0.3) is 5.91 Å². The summed E-state index contributed by atoms with van der Waals surface area (Å²) >= 11 is 0. The van der Waals surface area contributed by atoms with Crippen LogP contribution in [0.1, 0.15) is 54.1 Å². The summed E-state index contributed by atoms with van der Waals surface area (Å²) in [6, 6.07) is 12.7. The van der Waals surface area contributed by atoms with Crippen LogP contribution in [0, 0.1) is 11.6 Å². The van der Waals surface area contributed by atoms with E-state index in [1.54, 1.807) is 24.2 Å². The fraction of sp³-hybridized carbons (Fsp3) is 0.333. The molecule has 2 heterocycles. The van der Waals surface area contributed by atoms with E-state index in [4.69, 9.17) is 5.73 Å². The Morgan fingerprint density at radius 2 is 1.71 bits per heavy atom. The number of nitrogens with zero attached hydrogens (tertiary/aromatic N) is 2. The average Bonchev–Trinajstić information content (AvgIpc) is 2.87. The smallest absolute Gasteiger partial charge is 0.252 e. The second-order valence-corrected chi connectivity index (χ2v) is 12.1. The molecule has 2 aromatic carbocycles. The number of aromatic nitrogens is 1. The van der Waals surface area contributed by atoms with Crippen LogP contribution in [0.4, 0.5) is 26.0 Å². The summed E-state index contributed by atoms with van der Waals surface area (Å²) in [4.78, 5) is 16.1. The molecule has 0 atom stereocenters. The highest BCUT2D eigenvalue weighted by Gasteiger charge is 2.30. The summed E-state index contributed by atoms with van der Waals surface area (Å²) in [6.07, 6.45) is 2.87. The van der Waals surface area contributed by atoms with E-state index in [-0.39, 0.29) is 18.0 Å². The van der Waals surface area contributed by atoms with Crippen LogP contribution in [-0.2, 0) is 16.6 Å². The molecule has 8 nitrogen and oxygen atoms in total. The largest absolute Gasteiger partial charge is 0.380 e. The maximum Gasteiger partial charge on any atom is 0.252 e. The van der Waals surface area contributed by atoms with Crippen LogP contribution in [0.2, 0.25) is 0 Å². The average molecular weight is 544 g/mol. The van der Waals surface area contributed by atoms with Gasteiger partial charge < -0.3 is 16.4 Å². The lowest BCUT2D eigenvalue weighted by molar-refractivity contribution is 0.100. The number of benzene rings is 2. The van der Waals surface area contributed by atoms with Gasteiger partial charge in [0.1, 0.15) is 17.5 Å². The standard InChI is InChI=1S/C27H31F2N5O3S/c1-17(2)38(36,37)34-9-7-20(8-10-34)19-3-5-23(6-4-19)33-26-14-25(24(16-32-26)27(30)35)31-15-18-11-21(28)13-22(29)12-18/h3-6,11-14,16-17,20H,7-10,15H2,1-2H3,(H2,30,35)(H2,31,32,33). The minimum Gasteiger partial charge on any atom is -0.380 e. The maximum atomic E-state index is 13.5. The molecule has 0 unspecified atom stereocenters. The first-order valence-electron chi connectivity index (χ1n) is 12.4. The molecule has 11 heteroatoms. The van der Waals surface area contributed by atoms with Crippen molar-refractivity contribution in [2.24, 2.45) is 5.73 Å². The van der Waals surface area contributed by atoms with Crippen LogP contribution in [0.25, 0.3) is 0 Å². The van der Waals surface area contributed by atoms with Crippen molar-refractivity contribution in [2.75, 3.05) is 23.7 Å². The van der Waals surface area contributed by atoms with Gasteiger partial charge >= 0.3 is 0 Å². The molecule has 1 aliphatic rings. The zero-order chi connectivity index (χ0) is 27.4. The number of nitrogens with two attached hydrogens (primary N) is 1. The third-order valence-corrected chi connectivity index (χ3v) is 8.92. The van der Waals surface area contributed by atoms with E-state index in [9.17, 15) is 22.0 Å². The van der Waals surface area contributed by atoms with E-state index in [0.717, 1.165) is 30.2 Å². The lowest BCUT2D eigenvalue weighted by Crippen LogP contribution is -2.41. The summed E-state index contributed by atoms with van der Waals surface area (Å²) in [5.41, 5.74) is 8.27. The maximum absolute atomic E-state index is 13.5. The van der Waals surface area contributed by atoms with Crippen molar-refractivity contribution in [3.8, 4) is 0 Å². The number of nitrogens with one attached hydrogen (secondary N) is 2. The van der Waals surface area contributed by atoms with Gasteiger partial charge in [-0.3, -0.25) is 4.79 Å². The third-order valence-electron chi connectivity index (χ3n) is 6.64. The fourth-order valence-corrected chi connectivity index (χ4v) is 5.82. The van der Waals surface area contributed by atoms with E-state index in [1.807, 2.05) is 24.3 Å². The Bertz CT molecular complexity index is 1390. The number of piperidine rings is 1. The molecule has 0 spiro atoms. The van der Waals surface area contributed by atoms with Gasteiger partial charge in [0.15, 0.2) is 0 Å². The molecular formula is C27H31F2N5O3S. The Kier molecular flexibility index (Phi) is 8.27. The van der Waals surface area contributed by atoms with E-state index < -0.39 is 32.8 Å². The molecule has 4 N–H and O–H groups in total. The number of amides is 1. The van der Waals surface area contributed by atoms with Crippen LogP contribution >= 0.6 is 0 Å². The molecule has 1 aliphatic heterocycles. The minimum atomic E-state index is -3.23. The van der Waals surface area contributed by atoms with Crippen LogP contribution in [0.15, 0.2) is 54.7 Å². The van der Waals surface area contributed by atoms with Crippen LogP contribution < -0.4 is 16.4 Å². The number of carbonyl (C=O) groups excluding carboxylic acids is 1. The first-order chi connectivity index (χ1) is 18.0. The van der Waals surface area contributed by atoms with Gasteiger partial charge in [0.2, 0.25) is 10.0 Å². The fourth-order valence-electron chi connectivity index (χ4n) is 4.50. The second kappa shape index (κ2) is 11.4. The quantitative estimate of drug-likeness (QED) is 0.359. The number of primary amides is 1. The number of carbonyl (C=O) groups is 1. The number of hydrogen-bond donors (Lipinski definition) is 3. The zero-order valence-electron chi connectivity index (χ0n) is 21.2. The molecule has 0 radical (unpaired) electrons. The lowest BCUT2D eigenvalue weighted by atomic mass is 9.90. The Morgan fingerprint density at radius 3 is 2.29 bits per heavy atom. The predicted octanol–water partition coefficient (Wildman–Crippen LogP) is 4.73. The molecule has 0 bridgehead atoms. The van der Waals surface area contributed by atoms with Crippen molar-refractivity contribution in [1.29, 1.82) is 0 Å². The van der Waals surface area contributed by atoms with Crippen LogP contribution in [0.5, 0.6) is 0 Å². The van der Waals surface area contributed by atoms with E-state index in [0.29, 0.717) is 30.2 Å². The molecule has 38 heavy (non-hydrogen) atoms. The number of anilines is 3. The molecule has 3 aromatic rings. The summed E-state index contributed by atoms with van der Waals surface area (Å²) in [6.45, 7) is 4.51. The van der Waals surface area contributed by atoms with E-state index in [2.05, 4.69) is 15.6 Å². The van der Waals surface area contributed by atoms with Crippen molar-refractivity contribution in [3.63, 3.8) is 0 Å². The van der Waals surface area contributed by atoms with Gasteiger partial charge in [0.05, 0.1) is 16.5 Å². The highest BCUT2D eigenvalue weighted by molar-refractivity contribution is 7.89. The zero-order valence-corrected chi connectivity index (χ0v) is 22.1. The van der Waals surface area contributed by atoms with Crippen molar-refractivity contribution in [2.45, 2.75) is 44.4 Å². The molecular weight excluding hydrogens is 512 g/mol. The predicted molar refractivity (Wildman–Crippen MR) is 144 cm³/mol. The van der Waals surface area contributed by atoms with Crippen molar-refractivity contribution in [1.82, 2.24) is 9.29 Å². The number of sulfonamides is 1. The number of hydrogen-bond acceptors (Lipinski definition) is 6. The van der Waals surface area contributed by atoms with Gasteiger partial charge in [-0.2, -0.15) is 0 Å². The molecule has 1 saturated heterocycles. The van der Waals surface area contributed by atoms with E-state index in [1.165, 1.54) is 18.3 Å². The van der Waals surface area contributed by atoms with Gasteiger partial charge in [-0.15, -0.1) is 0 Å². The van der Waals surface area contributed by atoms with Crippen molar-refractivity contribution < 1.29 is 22.0 Å². The minimum absolute atomic E-state index is 0.0738. The SMILES string of the molecule is CC(C)S(=O)(=O)N1CCC(c2ccc(Nc3cc(NCc4cc(F)cc(F)c4)c(C(N)=O)cn3)cc2)CC1. The number of pyridine rings is 1. The molecule has 0 saturated carbocycles. The Balaban J connectivity index is 1.42. The van der Waals surface area contributed by atoms with Crippen molar-refractivity contribution in [3.05, 3.63) is 83.1 Å². The third kappa shape index (κ3) is 6.46. The first kappa shape index (κ1) is 27.5. The molecule has 4 rings (SSSR count). The van der Waals surface area contributed by atoms with Crippen LogP contribution in [-0.4, -0.2) is 42.0 Å². The Labute approximate surface area is 221 Å². The summed E-state index contributed by atoms with van der Waals surface area (Å²) in [5.74, 6) is -1.34. The Hall–Kier alpha value is -3.57. The summed E-state index contributed by atoms with van der Waals surface area (Å²) in [5, 5.41) is 5.77. The van der Waals surface area contributed by atoms with Gasteiger partial charge in [-0.1, -0.05) is 12.1 Å². The van der Waals surface area contributed by atoms with Gasteiger partial charge in [-0.25, -0.2) is 26.5 Å². The Morgan fingerprint density at radius 1 is 1.08 bits per heavy atom. The molecule has 1 aromatic heterocycles.